The number of nitrogens with two attached hydrogens (primary N) is 1. The molecule has 0 spiro atoms. The molecule has 0 aliphatic carbocycles. The number of hydrogen-bond acceptors (Lipinski definition) is 5. The Morgan fingerprint density at radius 1 is 1.67 bits per heavy atom. The van der Waals surface area contributed by atoms with Crippen LogP contribution in [0.1, 0.15) is 5.56 Å². The van der Waals surface area contributed by atoms with Crippen LogP contribution in [0.25, 0.3) is 0 Å². The monoisotopic (exact) mass is 205 g/mol. The van der Waals surface area contributed by atoms with Crippen molar-refractivity contribution in [2.75, 3.05) is 24.7 Å². The molecule has 0 unspecified atom stereocenters. The average Bonchev–Trinajstić information content (AvgIpc) is 2.26. The second kappa shape index (κ2) is 4.86. The zero-order valence-electron chi connectivity index (χ0n) is 8.28. The predicted molar refractivity (Wildman–Crippen MR) is 56.1 cm³/mol. The van der Waals surface area contributed by atoms with E-state index in [4.69, 9.17) is 11.0 Å². The molecule has 0 radical (unpaired) electrons. The van der Waals surface area contributed by atoms with E-state index < -0.39 is 0 Å². The van der Waals surface area contributed by atoms with E-state index >= 15 is 0 Å². The van der Waals surface area contributed by atoms with E-state index in [9.17, 15) is 4.79 Å². The number of carbonyl (C=O) groups is 1. The number of methoxy groups -OCH3 is 1. The van der Waals surface area contributed by atoms with Crippen LogP contribution in [0.2, 0.25) is 0 Å². The molecule has 15 heavy (non-hydrogen) atoms. The maximum absolute atomic E-state index is 10.8. The highest BCUT2D eigenvalue weighted by molar-refractivity contribution is 5.75. The molecule has 1 aromatic carbocycles. The zero-order valence-corrected chi connectivity index (χ0v) is 8.28. The van der Waals surface area contributed by atoms with Crippen molar-refractivity contribution in [3.05, 3.63) is 23.8 Å². The predicted octanol–water partition coefficient (Wildman–Crippen LogP) is 0.725. The van der Waals surface area contributed by atoms with E-state index in [0.29, 0.717) is 16.9 Å². The van der Waals surface area contributed by atoms with E-state index in [0.717, 1.165) is 0 Å². The molecule has 3 N–H and O–H groups in total. The summed E-state index contributed by atoms with van der Waals surface area (Å²) < 4.78 is 4.46. The number of ether oxygens (including phenoxy) is 1. The summed E-state index contributed by atoms with van der Waals surface area (Å²) in [7, 11) is 1.32. The number of rotatable bonds is 3. The smallest absolute Gasteiger partial charge is 0.325 e. The largest absolute Gasteiger partial charge is 0.468 e. The maximum Gasteiger partial charge on any atom is 0.325 e. The maximum atomic E-state index is 10.8. The number of nitrogens with zero attached hydrogens (tertiary/aromatic N) is 1. The molecule has 5 heteroatoms. The Hall–Kier alpha value is -2.22. The molecular weight excluding hydrogens is 194 g/mol. The second-order valence-corrected chi connectivity index (χ2v) is 2.84. The normalized spacial score (nSPS) is 9.07. The molecule has 0 bridgehead atoms. The number of hydrogen-bond donors (Lipinski definition) is 2. The first-order chi connectivity index (χ1) is 7.17. The van der Waals surface area contributed by atoms with Gasteiger partial charge in [-0.05, 0) is 18.2 Å². The van der Waals surface area contributed by atoms with Gasteiger partial charge in [-0.15, -0.1) is 0 Å². The van der Waals surface area contributed by atoms with Gasteiger partial charge in [0.05, 0.1) is 18.4 Å². The van der Waals surface area contributed by atoms with Crippen LogP contribution in [-0.4, -0.2) is 19.6 Å². The fourth-order valence-corrected chi connectivity index (χ4v) is 1.02. The van der Waals surface area contributed by atoms with E-state index in [2.05, 4.69) is 10.1 Å². The number of nitrogens with one attached hydrogen (secondary N) is 1. The van der Waals surface area contributed by atoms with E-state index in [1.54, 1.807) is 18.2 Å². The van der Waals surface area contributed by atoms with Crippen molar-refractivity contribution in [3.8, 4) is 6.07 Å². The summed E-state index contributed by atoms with van der Waals surface area (Å²) >= 11 is 0. The molecule has 0 fully saturated rings. The Labute approximate surface area is 87.4 Å². The molecule has 5 nitrogen and oxygen atoms in total. The fourth-order valence-electron chi connectivity index (χ4n) is 1.02. The van der Waals surface area contributed by atoms with Gasteiger partial charge in [-0.3, -0.25) is 4.79 Å². The highest BCUT2D eigenvalue weighted by Gasteiger charge is 2.02. The van der Waals surface area contributed by atoms with Crippen LogP contribution in [0.15, 0.2) is 18.2 Å². The summed E-state index contributed by atoms with van der Waals surface area (Å²) in [5.74, 6) is -0.363. The van der Waals surface area contributed by atoms with E-state index in [-0.39, 0.29) is 12.5 Å². The average molecular weight is 205 g/mol. The Morgan fingerprint density at radius 3 is 2.93 bits per heavy atom. The quantitative estimate of drug-likeness (QED) is 0.560. The fraction of sp³-hybridized carbons (Fsp3) is 0.200. The van der Waals surface area contributed by atoms with Crippen molar-refractivity contribution in [3.63, 3.8) is 0 Å². The standard InChI is InChI=1S/C10H11N3O2/c1-15-10(14)6-13-8-3-2-7(5-11)9(12)4-8/h2-4,13H,6,12H2,1H3. The molecule has 78 valence electrons. The second-order valence-electron chi connectivity index (χ2n) is 2.84. The van der Waals surface area contributed by atoms with Gasteiger partial charge in [0.15, 0.2) is 0 Å². The van der Waals surface area contributed by atoms with Gasteiger partial charge < -0.3 is 15.8 Å². The Bertz CT molecular complexity index is 410. The van der Waals surface area contributed by atoms with Gasteiger partial charge in [0.25, 0.3) is 0 Å². The van der Waals surface area contributed by atoms with Crippen molar-refractivity contribution >= 4 is 17.3 Å². The minimum atomic E-state index is -0.363. The molecule has 0 aliphatic rings. The molecule has 0 aliphatic heterocycles. The lowest BCUT2D eigenvalue weighted by Gasteiger charge is -2.06. The van der Waals surface area contributed by atoms with Crippen LogP contribution in [0.5, 0.6) is 0 Å². The lowest BCUT2D eigenvalue weighted by atomic mass is 10.2. The summed E-state index contributed by atoms with van der Waals surface area (Å²) in [6.07, 6.45) is 0. The third-order valence-electron chi connectivity index (χ3n) is 1.84. The molecule has 1 aromatic rings. The van der Waals surface area contributed by atoms with Crippen molar-refractivity contribution in [2.24, 2.45) is 0 Å². The minimum Gasteiger partial charge on any atom is -0.468 e. The number of esters is 1. The van der Waals surface area contributed by atoms with E-state index in [1.165, 1.54) is 7.11 Å². The Balaban J connectivity index is 2.68. The van der Waals surface area contributed by atoms with Crippen LogP contribution >= 0.6 is 0 Å². The van der Waals surface area contributed by atoms with Gasteiger partial charge >= 0.3 is 5.97 Å². The summed E-state index contributed by atoms with van der Waals surface area (Å²) in [6.45, 7) is 0.0713. The first kappa shape index (κ1) is 10.9. The van der Waals surface area contributed by atoms with Crippen LogP contribution in [0.4, 0.5) is 11.4 Å². The third kappa shape index (κ3) is 2.88. The molecule has 0 heterocycles. The number of anilines is 2. The summed E-state index contributed by atoms with van der Waals surface area (Å²) in [4.78, 5) is 10.8. The first-order valence-electron chi connectivity index (χ1n) is 4.27. The molecule has 0 saturated heterocycles. The van der Waals surface area contributed by atoms with Crippen LogP contribution < -0.4 is 11.1 Å². The lowest BCUT2D eigenvalue weighted by Crippen LogP contribution is -2.15. The third-order valence-corrected chi connectivity index (χ3v) is 1.84. The van der Waals surface area contributed by atoms with E-state index in [1.807, 2.05) is 6.07 Å². The molecule has 0 amide bonds. The molecule has 1 rings (SSSR count). The van der Waals surface area contributed by atoms with Crippen LogP contribution in [-0.2, 0) is 9.53 Å². The molecule has 0 saturated carbocycles. The van der Waals surface area contributed by atoms with Crippen molar-refractivity contribution in [1.82, 2.24) is 0 Å². The molecular formula is C10H11N3O2. The lowest BCUT2D eigenvalue weighted by molar-refractivity contribution is -0.138. The van der Waals surface area contributed by atoms with Gasteiger partial charge in [-0.2, -0.15) is 5.26 Å². The number of benzene rings is 1. The van der Waals surface area contributed by atoms with Crippen molar-refractivity contribution < 1.29 is 9.53 Å². The van der Waals surface area contributed by atoms with Crippen molar-refractivity contribution in [2.45, 2.75) is 0 Å². The number of nitrogen functional groups attached to an aromatic ring is 1. The Kier molecular flexibility index (Phi) is 3.52. The molecule has 0 aromatic heterocycles. The number of nitriles is 1. The summed E-state index contributed by atoms with van der Waals surface area (Å²) in [5, 5.41) is 11.5. The number of carbonyl (C=O) groups excluding carboxylic acids is 1. The first-order valence-corrected chi connectivity index (χ1v) is 4.27. The topological polar surface area (TPSA) is 88.1 Å². The van der Waals surface area contributed by atoms with Crippen molar-refractivity contribution in [1.29, 1.82) is 5.26 Å². The van der Waals surface area contributed by atoms with Gasteiger partial charge in [-0.1, -0.05) is 0 Å². The summed E-state index contributed by atoms with van der Waals surface area (Å²) in [5.41, 5.74) is 7.07. The summed E-state index contributed by atoms with van der Waals surface area (Å²) in [6, 6.07) is 6.82. The molecule has 0 atom stereocenters. The van der Waals surface area contributed by atoms with Crippen LogP contribution in [0.3, 0.4) is 0 Å². The van der Waals surface area contributed by atoms with Gasteiger partial charge in [0, 0.05) is 5.69 Å². The minimum absolute atomic E-state index is 0.0713. The Morgan fingerprint density at radius 2 is 2.40 bits per heavy atom. The highest BCUT2D eigenvalue weighted by Crippen LogP contribution is 2.16. The van der Waals surface area contributed by atoms with Gasteiger partial charge in [0.2, 0.25) is 0 Å². The van der Waals surface area contributed by atoms with Gasteiger partial charge in [0.1, 0.15) is 12.6 Å². The highest BCUT2D eigenvalue weighted by atomic mass is 16.5. The van der Waals surface area contributed by atoms with Gasteiger partial charge in [-0.25, -0.2) is 0 Å². The van der Waals surface area contributed by atoms with Crippen LogP contribution in [0, 0.1) is 11.3 Å². The SMILES string of the molecule is COC(=O)CNc1ccc(C#N)c(N)c1. The zero-order chi connectivity index (χ0) is 11.3.